The number of nitrogen functional groups attached to an aromatic ring is 2. The van der Waals surface area contributed by atoms with Crippen molar-refractivity contribution in [2.24, 2.45) is 0 Å². The average Bonchev–Trinajstić information content (AvgIpc) is 2.83. The van der Waals surface area contributed by atoms with Crippen LogP contribution in [0.4, 0.5) is 11.4 Å². The molecule has 0 saturated heterocycles. The fourth-order valence-corrected chi connectivity index (χ4v) is 5.13. The van der Waals surface area contributed by atoms with Gasteiger partial charge in [0.25, 0.3) is 0 Å². The smallest absolute Gasteiger partial charge is 0.0580 e. The first-order valence-corrected chi connectivity index (χ1v) is 15.4. The summed E-state index contributed by atoms with van der Waals surface area (Å²) >= 11 is 0. The Morgan fingerprint density at radius 1 is 0.441 bits per heavy atom. The fraction of sp³-hybridized carbons (Fsp3) is 0.812. The van der Waals surface area contributed by atoms with E-state index in [1.54, 1.807) is 0 Å². The minimum atomic E-state index is 0.787. The van der Waals surface area contributed by atoms with Crippen LogP contribution in [0.15, 0.2) is 12.1 Å². The van der Waals surface area contributed by atoms with E-state index in [1.807, 2.05) is 0 Å². The maximum atomic E-state index is 6.30. The van der Waals surface area contributed by atoms with Gasteiger partial charge in [0.15, 0.2) is 0 Å². The van der Waals surface area contributed by atoms with Gasteiger partial charge in [-0.15, -0.1) is 0 Å². The third-order valence-electron chi connectivity index (χ3n) is 7.48. The van der Waals surface area contributed by atoms with Crippen LogP contribution < -0.4 is 11.5 Å². The van der Waals surface area contributed by atoms with Crippen molar-refractivity contribution in [3.8, 4) is 0 Å². The van der Waals surface area contributed by atoms with E-state index in [4.69, 9.17) is 11.5 Å². The molecule has 198 valence electrons. The summed E-state index contributed by atoms with van der Waals surface area (Å²) in [5, 5.41) is 0. The Kier molecular flexibility index (Phi) is 20.2. The highest BCUT2D eigenvalue weighted by Gasteiger charge is 2.06. The van der Waals surface area contributed by atoms with E-state index in [0.29, 0.717) is 0 Å². The van der Waals surface area contributed by atoms with E-state index in [2.05, 4.69) is 26.0 Å². The average molecular weight is 473 g/mol. The van der Waals surface area contributed by atoms with Gasteiger partial charge in [0, 0.05) is 0 Å². The summed E-state index contributed by atoms with van der Waals surface area (Å²) in [6.45, 7) is 4.57. The lowest BCUT2D eigenvalue weighted by Crippen LogP contribution is -2.02. The minimum absolute atomic E-state index is 0.787. The maximum Gasteiger partial charge on any atom is 0.0580 e. The van der Waals surface area contributed by atoms with Gasteiger partial charge in [-0.3, -0.25) is 0 Å². The fourth-order valence-electron chi connectivity index (χ4n) is 5.13. The van der Waals surface area contributed by atoms with Gasteiger partial charge in [-0.25, -0.2) is 0 Å². The summed E-state index contributed by atoms with van der Waals surface area (Å²) in [5.74, 6) is 0. The molecule has 0 saturated carbocycles. The molecule has 0 heterocycles. The second-order valence-electron chi connectivity index (χ2n) is 10.8. The lowest BCUT2D eigenvalue weighted by molar-refractivity contribution is 0.529. The minimum Gasteiger partial charge on any atom is -0.397 e. The van der Waals surface area contributed by atoms with Gasteiger partial charge >= 0.3 is 0 Å². The second-order valence-corrected chi connectivity index (χ2v) is 10.8. The maximum absolute atomic E-state index is 6.30. The molecule has 0 fully saturated rings. The Labute approximate surface area is 214 Å². The van der Waals surface area contributed by atoms with Gasteiger partial charge in [0.1, 0.15) is 0 Å². The van der Waals surface area contributed by atoms with Crippen LogP contribution in [-0.2, 0) is 12.8 Å². The van der Waals surface area contributed by atoms with E-state index >= 15 is 0 Å². The van der Waals surface area contributed by atoms with Crippen LogP contribution in [0.2, 0.25) is 0 Å². The zero-order valence-electron chi connectivity index (χ0n) is 23.3. The summed E-state index contributed by atoms with van der Waals surface area (Å²) in [7, 11) is 0. The molecule has 0 atom stereocenters. The zero-order valence-corrected chi connectivity index (χ0v) is 23.3. The molecule has 0 unspecified atom stereocenters. The molecule has 0 aromatic heterocycles. The van der Waals surface area contributed by atoms with E-state index in [9.17, 15) is 0 Å². The molecule has 0 bridgehead atoms. The van der Waals surface area contributed by atoms with E-state index < -0.39 is 0 Å². The van der Waals surface area contributed by atoms with Gasteiger partial charge in [0.05, 0.1) is 11.4 Å². The van der Waals surface area contributed by atoms with Crippen LogP contribution >= 0.6 is 0 Å². The van der Waals surface area contributed by atoms with Gasteiger partial charge in [0.2, 0.25) is 0 Å². The molecule has 1 aromatic carbocycles. The van der Waals surface area contributed by atoms with Crippen LogP contribution in [0.1, 0.15) is 166 Å². The molecular weight excluding hydrogens is 412 g/mol. The third-order valence-corrected chi connectivity index (χ3v) is 7.48. The van der Waals surface area contributed by atoms with Gasteiger partial charge in [-0.05, 0) is 42.9 Å². The molecule has 1 rings (SSSR count). The quantitative estimate of drug-likeness (QED) is 0.116. The van der Waals surface area contributed by atoms with Crippen molar-refractivity contribution in [1.82, 2.24) is 0 Å². The largest absolute Gasteiger partial charge is 0.397 e. The van der Waals surface area contributed by atoms with Crippen molar-refractivity contribution in [2.45, 2.75) is 168 Å². The van der Waals surface area contributed by atoms with Crippen LogP contribution in [0.3, 0.4) is 0 Å². The molecule has 4 N–H and O–H groups in total. The Morgan fingerprint density at radius 3 is 1.21 bits per heavy atom. The summed E-state index contributed by atoms with van der Waals surface area (Å²) in [5.41, 5.74) is 16.8. The van der Waals surface area contributed by atoms with Crippen molar-refractivity contribution in [1.29, 1.82) is 0 Å². The van der Waals surface area contributed by atoms with Crippen LogP contribution in [0, 0.1) is 0 Å². The standard InChI is InChI=1S/C32H60N2/c1-3-5-7-9-11-12-13-14-15-16-17-18-19-20-22-24-26-30-27-29(28-31(33)32(30)34)25-23-21-10-8-6-4-2/h27-28H,3-26,33-34H2,1-2H3. The summed E-state index contributed by atoms with van der Waals surface area (Å²) in [6, 6.07) is 4.45. The number of hydrogen-bond acceptors (Lipinski definition) is 2. The molecule has 1 aromatic rings. The Balaban J connectivity index is 2.03. The van der Waals surface area contributed by atoms with Crippen molar-refractivity contribution in [2.75, 3.05) is 11.5 Å². The predicted octanol–water partition coefficient (Wildman–Crippen LogP) is 10.6. The summed E-state index contributed by atoms with van der Waals surface area (Å²) < 4.78 is 0. The number of benzene rings is 1. The van der Waals surface area contributed by atoms with E-state index in [0.717, 1.165) is 24.2 Å². The van der Waals surface area contributed by atoms with Crippen molar-refractivity contribution in [3.05, 3.63) is 23.3 Å². The number of anilines is 2. The molecule has 0 aliphatic rings. The van der Waals surface area contributed by atoms with Crippen LogP contribution in [0.5, 0.6) is 0 Å². The van der Waals surface area contributed by atoms with Gasteiger partial charge in [-0.2, -0.15) is 0 Å². The molecule has 0 amide bonds. The number of hydrogen-bond donors (Lipinski definition) is 2. The first-order chi connectivity index (χ1) is 16.7. The van der Waals surface area contributed by atoms with Crippen molar-refractivity contribution >= 4 is 11.4 Å². The molecule has 34 heavy (non-hydrogen) atoms. The van der Waals surface area contributed by atoms with Crippen LogP contribution in [0.25, 0.3) is 0 Å². The third kappa shape index (κ3) is 16.4. The summed E-state index contributed by atoms with van der Waals surface area (Å²) in [4.78, 5) is 0. The SMILES string of the molecule is CCCCCCCCCCCCCCCCCCc1cc(CCCCCCCC)cc(N)c1N. The van der Waals surface area contributed by atoms with Crippen LogP contribution in [-0.4, -0.2) is 0 Å². The number of rotatable bonds is 24. The van der Waals surface area contributed by atoms with Gasteiger partial charge in [-0.1, -0.05) is 148 Å². The highest BCUT2D eigenvalue weighted by molar-refractivity contribution is 5.68. The second kappa shape index (κ2) is 22.3. The van der Waals surface area contributed by atoms with Gasteiger partial charge < -0.3 is 11.5 Å². The Bertz CT molecular complexity index is 581. The molecule has 0 radical (unpaired) electrons. The van der Waals surface area contributed by atoms with Crippen molar-refractivity contribution < 1.29 is 0 Å². The monoisotopic (exact) mass is 472 g/mol. The highest BCUT2D eigenvalue weighted by atomic mass is 14.7. The lowest BCUT2D eigenvalue weighted by Gasteiger charge is -2.12. The molecule has 0 aliphatic carbocycles. The molecule has 2 nitrogen and oxygen atoms in total. The Hall–Kier alpha value is -1.18. The van der Waals surface area contributed by atoms with E-state index in [1.165, 1.54) is 152 Å². The molecule has 0 spiro atoms. The zero-order chi connectivity index (χ0) is 24.7. The lowest BCUT2D eigenvalue weighted by atomic mass is 9.97. The summed E-state index contributed by atoms with van der Waals surface area (Å²) in [6.07, 6.45) is 32.8. The number of nitrogens with two attached hydrogens (primary N) is 2. The molecule has 2 heteroatoms. The number of aryl methyl sites for hydroxylation is 2. The topological polar surface area (TPSA) is 52.0 Å². The predicted molar refractivity (Wildman–Crippen MR) is 156 cm³/mol. The van der Waals surface area contributed by atoms with E-state index in [-0.39, 0.29) is 0 Å². The first kappa shape index (κ1) is 30.9. The highest BCUT2D eigenvalue weighted by Crippen LogP contribution is 2.26. The Morgan fingerprint density at radius 2 is 0.794 bits per heavy atom. The van der Waals surface area contributed by atoms with Crippen molar-refractivity contribution in [3.63, 3.8) is 0 Å². The molecule has 0 aliphatic heterocycles. The number of unbranched alkanes of at least 4 members (excludes halogenated alkanes) is 20. The first-order valence-electron chi connectivity index (χ1n) is 15.4. The molecular formula is C32H60N2. The normalized spacial score (nSPS) is 11.4.